The van der Waals surface area contributed by atoms with Gasteiger partial charge >= 0.3 is 11.9 Å². The maximum Gasteiger partial charge on any atom is 0.326 e. The molecule has 0 aliphatic heterocycles. The summed E-state index contributed by atoms with van der Waals surface area (Å²) in [5.41, 5.74) is 21.9. The van der Waals surface area contributed by atoms with Crippen molar-refractivity contribution < 1.29 is 44.1 Å². The zero-order valence-corrected chi connectivity index (χ0v) is 26.9. The quantitative estimate of drug-likeness (QED) is 0.0360. The Kier molecular flexibility index (Phi) is 17.2. The minimum atomic E-state index is -1.45. The molecule has 0 aliphatic carbocycles. The lowest BCUT2D eigenvalue weighted by atomic mass is 10.0. The third kappa shape index (κ3) is 15.6. The molecule has 0 radical (unpaired) electrons. The number of carbonyl (C=O) groups is 6. The van der Waals surface area contributed by atoms with Crippen LogP contribution in [0.25, 0.3) is 0 Å². The van der Waals surface area contributed by atoms with E-state index < -0.39 is 66.2 Å². The summed E-state index contributed by atoms with van der Waals surface area (Å²) in [6.45, 7) is 1.41. The molecule has 0 spiro atoms. The van der Waals surface area contributed by atoms with Crippen molar-refractivity contribution in [2.45, 2.75) is 76.0 Å². The van der Waals surface area contributed by atoms with E-state index in [4.69, 9.17) is 22.9 Å². The predicted molar refractivity (Wildman–Crippen MR) is 174 cm³/mol. The van der Waals surface area contributed by atoms with Gasteiger partial charge in [-0.1, -0.05) is 12.1 Å². The topological polar surface area (TPSA) is 331 Å². The Labute approximate surface area is 277 Å². The number of carbonyl (C=O) groups excluding carboxylic acids is 4. The van der Waals surface area contributed by atoms with Gasteiger partial charge in [0, 0.05) is 39.9 Å². The number of aliphatic imine (C=N–C) groups is 2. The largest absolute Gasteiger partial charge is 0.508 e. The Morgan fingerprint density at radius 3 is 1.81 bits per heavy atom. The number of likely N-dealkylation sites (N-methyl/N-ethyl adjacent to an activating group) is 1. The van der Waals surface area contributed by atoms with E-state index in [2.05, 4.69) is 25.9 Å². The zero-order chi connectivity index (χ0) is 36.4. The molecule has 1 aromatic rings. The number of nitrogens with one attached hydrogen (secondary N) is 3. The number of phenols is 1. The minimum absolute atomic E-state index is 0.0329. The van der Waals surface area contributed by atoms with E-state index in [9.17, 15) is 44.1 Å². The van der Waals surface area contributed by atoms with Crippen molar-refractivity contribution in [3.63, 3.8) is 0 Å². The normalized spacial score (nSPS) is 13.0. The number of rotatable bonds is 21. The van der Waals surface area contributed by atoms with Crippen LogP contribution in [0.3, 0.4) is 0 Å². The van der Waals surface area contributed by atoms with Gasteiger partial charge in [0.05, 0.1) is 0 Å². The van der Waals surface area contributed by atoms with Crippen LogP contribution >= 0.6 is 0 Å². The zero-order valence-electron chi connectivity index (χ0n) is 26.9. The first-order valence-corrected chi connectivity index (χ1v) is 15.0. The van der Waals surface area contributed by atoms with Gasteiger partial charge in [0.1, 0.15) is 29.9 Å². The molecule has 14 N–H and O–H groups in total. The van der Waals surface area contributed by atoms with Gasteiger partial charge in [-0.15, -0.1) is 0 Å². The van der Waals surface area contributed by atoms with Crippen molar-refractivity contribution in [2.75, 3.05) is 20.1 Å². The third-order valence-corrected chi connectivity index (χ3v) is 6.94. The van der Waals surface area contributed by atoms with Gasteiger partial charge in [-0.2, -0.15) is 0 Å². The summed E-state index contributed by atoms with van der Waals surface area (Å²) in [5.74, 6) is -6.05. The lowest BCUT2D eigenvalue weighted by molar-refractivity contribution is -0.145. The average Bonchev–Trinajstić information content (AvgIpc) is 2.99. The van der Waals surface area contributed by atoms with Crippen molar-refractivity contribution >= 4 is 47.5 Å². The van der Waals surface area contributed by atoms with Gasteiger partial charge in [0.15, 0.2) is 11.9 Å². The van der Waals surface area contributed by atoms with Gasteiger partial charge < -0.3 is 59.1 Å². The Bertz CT molecular complexity index is 1330. The number of carboxylic acids is 2. The number of carboxylic acid groups (broad SMARTS) is 2. The summed E-state index contributed by atoms with van der Waals surface area (Å²) in [5, 5.41) is 36.1. The van der Waals surface area contributed by atoms with E-state index in [1.807, 2.05) is 0 Å². The Balaban J connectivity index is 3.31. The maximum absolute atomic E-state index is 13.8. The molecule has 0 fully saturated rings. The first-order chi connectivity index (χ1) is 22.5. The molecule has 0 saturated heterocycles. The number of hydrogen-bond donors (Lipinski definition) is 10. The van der Waals surface area contributed by atoms with E-state index in [-0.39, 0.29) is 69.3 Å². The molecule has 1 rings (SSSR count). The summed E-state index contributed by atoms with van der Waals surface area (Å²) < 4.78 is 0. The second-order valence-corrected chi connectivity index (χ2v) is 10.9. The van der Waals surface area contributed by atoms with Crippen LogP contribution in [0.2, 0.25) is 0 Å². The Morgan fingerprint density at radius 1 is 0.771 bits per heavy atom. The molecule has 19 nitrogen and oxygen atoms in total. The second-order valence-electron chi connectivity index (χ2n) is 10.9. The highest BCUT2D eigenvalue weighted by molar-refractivity contribution is 5.95. The first kappa shape index (κ1) is 40.4. The van der Waals surface area contributed by atoms with Crippen molar-refractivity contribution in [1.82, 2.24) is 20.9 Å². The third-order valence-electron chi connectivity index (χ3n) is 6.94. The van der Waals surface area contributed by atoms with Crippen LogP contribution in [-0.4, -0.2) is 112 Å². The number of amides is 4. The molecule has 0 unspecified atom stereocenters. The fourth-order valence-electron chi connectivity index (χ4n) is 4.54. The molecule has 4 amide bonds. The molecule has 0 bridgehead atoms. The summed E-state index contributed by atoms with van der Waals surface area (Å²) in [4.78, 5) is 84.6. The van der Waals surface area contributed by atoms with Crippen LogP contribution in [0.15, 0.2) is 34.3 Å². The van der Waals surface area contributed by atoms with Gasteiger partial charge in [0.25, 0.3) is 0 Å². The Morgan fingerprint density at radius 2 is 1.31 bits per heavy atom. The highest BCUT2D eigenvalue weighted by Gasteiger charge is 2.35. The highest BCUT2D eigenvalue weighted by Crippen LogP contribution is 2.15. The molecule has 4 atom stereocenters. The molecule has 0 heterocycles. The lowest BCUT2D eigenvalue weighted by Crippen LogP contribution is -2.58. The molecule has 0 aromatic heterocycles. The summed E-state index contributed by atoms with van der Waals surface area (Å²) in [6.07, 6.45) is -0.570. The SMILES string of the molecule is CC(=O)N[C@@H](CCCN=C(N)N)C(=O)N[C@@H](CCC(=O)O)C(=O)N(C)[C@@H](CCCN=C(N)N)C(=O)N[C@@H](Cc1ccc(O)cc1)C(=O)O. The molecule has 1 aromatic carbocycles. The molecule has 0 aliphatic rings. The number of guanidine groups is 2. The van der Waals surface area contributed by atoms with E-state index in [0.29, 0.717) is 5.56 Å². The van der Waals surface area contributed by atoms with Gasteiger partial charge in [-0.05, 0) is 49.8 Å². The smallest absolute Gasteiger partial charge is 0.326 e. The monoisotopic (exact) mass is 678 g/mol. The average molecular weight is 679 g/mol. The fraction of sp³-hybridized carbons (Fsp3) is 0.517. The number of aromatic hydroxyl groups is 1. The molecule has 0 saturated carbocycles. The van der Waals surface area contributed by atoms with Crippen LogP contribution in [0.1, 0.15) is 51.0 Å². The predicted octanol–water partition coefficient (Wildman–Crippen LogP) is -2.71. The van der Waals surface area contributed by atoms with E-state index in [1.54, 1.807) is 0 Å². The number of nitrogens with two attached hydrogens (primary N) is 4. The molecule has 19 heteroatoms. The maximum atomic E-state index is 13.8. The standard InChI is InChI=1S/C29H46N10O9/c1-16(40)36-19(5-3-13-34-28(30)31)24(44)37-20(11-12-23(42)43)26(46)39(2)22(6-4-14-35-29(32)33)25(45)38-21(27(47)48)15-17-7-9-18(41)10-8-17/h7-10,19-22,41H,3-6,11-15H2,1-2H3,(H,36,40)(H,37,44)(H,38,45)(H,42,43)(H,47,48)(H4,30,31,34)(H4,32,33,35)/t19-,20-,21-,22-/m0/s1. The molecule has 266 valence electrons. The number of hydrogen-bond acceptors (Lipinski definition) is 9. The van der Waals surface area contributed by atoms with Crippen LogP contribution < -0.4 is 38.9 Å². The van der Waals surface area contributed by atoms with Crippen LogP contribution in [0.4, 0.5) is 0 Å². The van der Waals surface area contributed by atoms with E-state index in [0.717, 1.165) is 4.90 Å². The summed E-state index contributed by atoms with van der Waals surface area (Å²) >= 11 is 0. The Hall–Kier alpha value is -5.62. The lowest BCUT2D eigenvalue weighted by Gasteiger charge is -2.32. The van der Waals surface area contributed by atoms with Crippen LogP contribution in [0.5, 0.6) is 5.75 Å². The van der Waals surface area contributed by atoms with Crippen LogP contribution in [-0.2, 0) is 35.2 Å². The number of nitrogens with zero attached hydrogens (tertiary/aromatic N) is 3. The highest BCUT2D eigenvalue weighted by atomic mass is 16.4. The molecular formula is C29H46N10O9. The van der Waals surface area contributed by atoms with Crippen molar-refractivity contribution in [3.05, 3.63) is 29.8 Å². The van der Waals surface area contributed by atoms with E-state index in [1.165, 1.54) is 38.2 Å². The number of phenolic OH excluding ortho intramolecular Hbond substituents is 1. The summed E-state index contributed by atoms with van der Waals surface area (Å²) in [6, 6.07) is 0.399. The van der Waals surface area contributed by atoms with Gasteiger partial charge in [-0.25, -0.2) is 4.79 Å². The van der Waals surface area contributed by atoms with Crippen molar-refractivity contribution in [2.24, 2.45) is 32.9 Å². The van der Waals surface area contributed by atoms with Gasteiger partial charge in [-0.3, -0.25) is 34.0 Å². The van der Waals surface area contributed by atoms with Crippen molar-refractivity contribution in [1.29, 1.82) is 0 Å². The van der Waals surface area contributed by atoms with Crippen molar-refractivity contribution in [3.8, 4) is 5.75 Å². The van der Waals surface area contributed by atoms with Gasteiger partial charge in [0.2, 0.25) is 23.6 Å². The molecular weight excluding hydrogens is 632 g/mol. The fourth-order valence-corrected chi connectivity index (χ4v) is 4.54. The number of benzene rings is 1. The summed E-state index contributed by atoms with van der Waals surface area (Å²) in [7, 11) is 1.25. The van der Waals surface area contributed by atoms with E-state index >= 15 is 0 Å². The second kappa shape index (κ2) is 20.5. The minimum Gasteiger partial charge on any atom is -0.508 e. The number of aliphatic carboxylic acids is 2. The van der Waals surface area contributed by atoms with Crippen LogP contribution in [0, 0.1) is 0 Å². The first-order valence-electron chi connectivity index (χ1n) is 15.0. The molecule has 48 heavy (non-hydrogen) atoms.